The van der Waals surface area contributed by atoms with E-state index in [0.717, 1.165) is 19.6 Å². The van der Waals surface area contributed by atoms with Crippen LogP contribution in [-0.4, -0.2) is 48.6 Å². The fourth-order valence-corrected chi connectivity index (χ4v) is 3.56. The zero-order valence-electron chi connectivity index (χ0n) is 12.0. The number of hydrogen-bond acceptors (Lipinski definition) is 3. The molecule has 3 heteroatoms. The molecule has 3 unspecified atom stereocenters. The summed E-state index contributed by atoms with van der Waals surface area (Å²) >= 11 is 0. The molecule has 1 heterocycles. The third-order valence-electron chi connectivity index (χ3n) is 5.00. The van der Waals surface area contributed by atoms with E-state index in [1.54, 1.807) is 0 Å². The van der Waals surface area contributed by atoms with E-state index in [9.17, 15) is 0 Å². The number of hydrogen-bond donors (Lipinski definition) is 1. The maximum atomic E-state index is 6.55. The lowest BCUT2D eigenvalue weighted by Crippen LogP contribution is -2.56. The van der Waals surface area contributed by atoms with Crippen molar-refractivity contribution in [3.63, 3.8) is 0 Å². The van der Waals surface area contributed by atoms with Crippen molar-refractivity contribution in [2.75, 3.05) is 26.7 Å². The Morgan fingerprint density at radius 2 is 2.00 bits per heavy atom. The molecule has 0 radical (unpaired) electrons. The van der Waals surface area contributed by atoms with Gasteiger partial charge in [-0.3, -0.25) is 4.90 Å². The highest BCUT2D eigenvalue weighted by atomic mass is 15.3. The lowest BCUT2D eigenvalue weighted by molar-refractivity contribution is 0.0561. The van der Waals surface area contributed by atoms with Gasteiger partial charge in [-0.15, -0.1) is 0 Å². The molecule has 1 aliphatic heterocycles. The molecule has 0 saturated carbocycles. The van der Waals surface area contributed by atoms with Crippen LogP contribution < -0.4 is 5.73 Å². The van der Waals surface area contributed by atoms with Crippen LogP contribution in [0.2, 0.25) is 0 Å². The summed E-state index contributed by atoms with van der Waals surface area (Å²) < 4.78 is 0. The summed E-state index contributed by atoms with van der Waals surface area (Å²) in [6.45, 7) is 5.78. The lowest BCUT2D eigenvalue weighted by Gasteiger charge is -2.45. The van der Waals surface area contributed by atoms with Crippen molar-refractivity contribution in [3.8, 4) is 0 Å². The van der Waals surface area contributed by atoms with E-state index in [2.05, 4.69) is 48.0 Å². The van der Waals surface area contributed by atoms with Gasteiger partial charge >= 0.3 is 0 Å². The average molecular weight is 259 g/mol. The number of nitrogens with zero attached hydrogens (tertiary/aromatic N) is 2. The van der Waals surface area contributed by atoms with Gasteiger partial charge < -0.3 is 10.6 Å². The van der Waals surface area contributed by atoms with E-state index in [-0.39, 0.29) is 6.04 Å². The molecular formula is C16H25N3. The minimum absolute atomic E-state index is 0.181. The van der Waals surface area contributed by atoms with Gasteiger partial charge in [0.15, 0.2) is 0 Å². The predicted molar refractivity (Wildman–Crippen MR) is 79.1 cm³/mol. The average Bonchev–Trinajstić information content (AvgIpc) is 2.43. The SMILES string of the molecule is CC1CN(C2CCc3ccccc3C2N)CCN1C. The molecule has 0 spiro atoms. The number of piperazine rings is 1. The van der Waals surface area contributed by atoms with Crippen LogP contribution in [0.3, 0.4) is 0 Å². The lowest BCUT2D eigenvalue weighted by atomic mass is 9.83. The molecule has 0 aromatic heterocycles. The normalized spacial score (nSPS) is 33.1. The molecule has 3 rings (SSSR count). The Morgan fingerprint density at radius 1 is 1.21 bits per heavy atom. The molecule has 1 aromatic carbocycles. The van der Waals surface area contributed by atoms with Crippen molar-refractivity contribution in [2.24, 2.45) is 5.73 Å². The Labute approximate surface area is 116 Å². The second-order valence-electron chi connectivity index (χ2n) is 6.16. The van der Waals surface area contributed by atoms with Crippen LogP contribution in [0, 0.1) is 0 Å². The number of fused-ring (bicyclic) bond motifs is 1. The summed E-state index contributed by atoms with van der Waals surface area (Å²) in [6, 6.07) is 10.0. The molecule has 3 nitrogen and oxygen atoms in total. The smallest absolute Gasteiger partial charge is 0.0455 e. The second-order valence-corrected chi connectivity index (χ2v) is 6.16. The van der Waals surface area contributed by atoms with Crippen LogP contribution in [-0.2, 0) is 6.42 Å². The molecule has 1 aromatic rings. The third kappa shape index (κ3) is 2.42. The van der Waals surface area contributed by atoms with Crippen LogP contribution in [0.15, 0.2) is 24.3 Å². The van der Waals surface area contributed by atoms with E-state index in [1.807, 2.05) is 0 Å². The van der Waals surface area contributed by atoms with Gasteiger partial charge in [-0.05, 0) is 37.9 Å². The van der Waals surface area contributed by atoms with Crippen LogP contribution in [0.5, 0.6) is 0 Å². The van der Waals surface area contributed by atoms with E-state index >= 15 is 0 Å². The Kier molecular flexibility index (Phi) is 3.61. The summed E-state index contributed by atoms with van der Waals surface area (Å²) in [7, 11) is 2.22. The topological polar surface area (TPSA) is 32.5 Å². The van der Waals surface area contributed by atoms with Crippen molar-refractivity contribution >= 4 is 0 Å². The van der Waals surface area contributed by atoms with Gasteiger partial charge in [0.25, 0.3) is 0 Å². The van der Waals surface area contributed by atoms with E-state index in [0.29, 0.717) is 12.1 Å². The summed E-state index contributed by atoms with van der Waals surface area (Å²) in [5, 5.41) is 0. The van der Waals surface area contributed by atoms with Crippen molar-refractivity contribution in [2.45, 2.75) is 37.9 Å². The molecule has 2 aliphatic rings. The number of nitrogens with two attached hydrogens (primary N) is 1. The van der Waals surface area contributed by atoms with E-state index in [4.69, 9.17) is 5.73 Å². The Morgan fingerprint density at radius 3 is 2.79 bits per heavy atom. The standard InChI is InChI=1S/C16H25N3/c1-12-11-19(10-9-18(12)2)15-8-7-13-5-3-4-6-14(13)16(15)17/h3-6,12,15-16H,7-11,17H2,1-2H3. The highest BCUT2D eigenvalue weighted by molar-refractivity contribution is 5.33. The van der Waals surface area contributed by atoms with Crippen LogP contribution in [0.4, 0.5) is 0 Å². The first kappa shape index (κ1) is 13.1. The van der Waals surface area contributed by atoms with Crippen LogP contribution in [0.1, 0.15) is 30.5 Å². The summed E-state index contributed by atoms with van der Waals surface area (Å²) in [4.78, 5) is 5.06. The molecule has 3 atom stereocenters. The van der Waals surface area contributed by atoms with Crippen molar-refractivity contribution in [3.05, 3.63) is 35.4 Å². The summed E-state index contributed by atoms with van der Waals surface area (Å²) in [5.41, 5.74) is 9.36. The quantitative estimate of drug-likeness (QED) is 0.832. The van der Waals surface area contributed by atoms with Gasteiger partial charge in [0.1, 0.15) is 0 Å². The van der Waals surface area contributed by atoms with E-state index in [1.165, 1.54) is 24.0 Å². The number of rotatable bonds is 1. The Bertz CT molecular complexity index is 445. The zero-order valence-corrected chi connectivity index (χ0v) is 12.0. The van der Waals surface area contributed by atoms with Gasteiger partial charge in [-0.2, -0.15) is 0 Å². The number of aryl methyl sites for hydroxylation is 1. The van der Waals surface area contributed by atoms with Crippen molar-refractivity contribution < 1.29 is 0 Å². The van der Waals surface area contributed by atoms with Crippen molar-refractivity contribution in [1.29, 1.82) is 0 Å². The molecule has 1 fully saturated rings. The summed E-state index contributed by atoms with van der Waals surface area (Å²) in [5.74, 6) is 0. The van der Waals surface area contributed by atoms with Gasteiger partial charge in [0.2, 0.25) is 0 Å². The maximum Gasteiger partial charge on any atom is 0.0455 e. The fraction of sp³-hybridized carbons (Fsp3) is 0.625. The summed E-state index contributed by atoms with van der Waals surface area (Å²) in [6.07, 6.45) is 2.38. The largest absolute Gasteiger partial charge is 0.323 e. The van der Waals surface area contributed by atoms with Gasteiger partial charge in [0, 0.05) is 37.8 Å². The zero-order chi connectivity index (χ0) is 13.4. The number of likely N-dealkylation sites (N-methyl/N-ethyl adjacent to an activating group) is 1. The maximum absolute atomic E-state index is 6.55. The number of benzene rings is 1. The molecule has 2 N–H and O–H groups in total. The highest BCUT2D eigenvalue weighted by Crippen LogP contribution is 2.32. The molecule has 1 aliphatic carbocycles. The third-order valence-corrected chi connectivity index (χ3v) is 5.00. The van der Waals surface area contributed by atoms with Crippen LogP contribution in [0.25, 0.3) is 0 Å². The second kappa shape index (κ2) is 5.23. The van der Waals surface area contributed by atoms with Gasteiger partial charge in [0.05, 0.1) is 0 Å². The van der Waals surface area contributed by atoms with E-state index < -0.39 is 0 Å². The molecular weight excluding hydrogens is 234 g/mol. The minimum Gasteiger partial charge on any atom is -0.323 e. The van der Waals surface area contributed by atoms with Gasteiger partial charge in [-0.1, -0.05) is 24.3 Å². The molecule has 0 bridgehead atoms. The van der Waals surface area contributed by atoms with Crippen molar-refractivity contribution in [1.82, 2.24) is 9.80 Å². The minimum atomic E-state index is 0.181. The van der Waals surface area contributed by atoms with Gasteiger partial charge in [-0.25, -0.2) is 0 Å². The molecule has 19 heavy (non-hydrogen) atoms. The first-order valence-corrected chi connectivity index (χ1v) is 7.44. The first-order valence-electron chi connectivity index (χ1n) is 7.44. The van der Waals surface area contributed by atoms with Crippen LogP contribution >= 0.6 is 0 Å². The molecule has 0 amide bonds. The molecule has 104 valence electrons. The fourth-order valence-electron chi connectivity index (χ4n) is 3.56. The Hall–Kier alpha value is -0.900. The predicted octanol–water partition coefficient (Wildman–Crippen LogP) is 1.64. The Balaban J connectivity index is 1.77. The highest BCUT2D eigenvalue weighted by Gasteiger charge is 2.33. The molecule has 1 saturated heterocycles. The monoisotopic (exact) mass is 259 g/mol. The first-order chi connectivity index (χ1) is 9.16.